The smallest absolute Gasteiger partial charge is 0.286 e. The standard InChI is InChI=1S/C19H14F2N2O2S/c1-3-8-23-18-15(21)9-13(20)10-16(18)26-19(23)22-17(24)11-25-14-6-4-12(2)5-7-14/h1,4-7,9-10H,8,11H2,2H3. The first-order valence-corrected chi connectivity index (χ1v) is 8.48. The van der Waals surface area contributed by atoms with Crippen molar-refractivity contribution in [2.24, 2.45) is 4.99 Å². The van der Waals surface area contributed by atoms with Gasteiger partial charge in [0.1, 0.15) is 11.6 Å². The molecule has 2 aromatic carbocycles. The average molecular weight is 372 g/mol. The summed E-state index contributed by atoms with van der Waals surface area (Å²) >= 11 is 0.988. The van der Waals surface area contributed by atoms with Crippen molar-refractivity contribution in [1.29, 1.82) is 0 Å². The number of rotatable bonds is 4. The van der Waals surface area contributed by atoms with Gasteiger partial charge in [-0.1, -0.05) is 35.0 Å². The van der Waals surface area contributed by atoms with Crippen molar-refractivity contribution < 1.29 is 18.3 Å². The summed E-state index contributed by atoms with van der Waals surface area (Å²) in [4.78, 5) is 16.3. The number of halogens is 2. The molecule has 132 valence electrons. The van der Waals surface area contributed by atoms with Crippen LogP contribution in [0.15, 0.2) is 41.4 Å². The highest BCUT2D eigenvalue weighted by Crippen LogP contribution is 2.22. The quantitative estimate of drug-likeness (QED) is 0.659. The van der Waals surface area contributed by atoms with Crippen molar-refractivity contribution in [3.8, 4) is 18.1 Å². The summed E-state index contributed by atoms with van der Waals surface area (Å²) in [6.45, 7) is 1.68. The normalized spacial score (nSPS) is 11.5. The van der Waals surface area contributed by atoms with Crippen LogP contribution in [-0.2, 0) is 11.3 Å². The van der Waals surface area contributed by atoms with E-state index >= 15 is 0 Å². The van der Waals surface area contributed by atoms with Gasteiger partial charge >= 0.3 is 0 Å². The Hall–Kier alpha value is -2.98. The number of ether oxygens (including phenoxy) is 1. The number of thiazole rings is 1. The van der Waals surface area contributed by atoms with Gasteiger partial charge in [0.05, 0.1) is 16.8 Å². The van der Waals surface area contributed by atoms with Gasteiger partial charge in [-0.2, -0.15) is 4.99 Å². The van der Waals surface area contributed by atoms with Crippen molar-refractivity contribution in [2.45, 2.75) is 13.5 Å². The fraction of sp³-hybridized carbons (Fsp3) is 0.158. The summed E-state index contributed by atoms with van der Waals surface area (Å²) in [5, 5.41) is 0. The zero-order valence-electron chi connectivity index (χ0n) is 13.8. The Balaban J connectivity index is 1.91. The zero-order valence-corrected chi connectivity index (χ0v) is 14.6. The van der Waals surface area contributed by atoms with E-state index in [1.54, 1.807) is 12.1 Å². The number of amides is 1. The van der Waals surface area contributed by atoms with Gasteiger partial charge in [-0.25, -0.2) is 8.78 Å². The number of carbonyl (C=O) groups excluding carboxylic acids is 1. The van der Waals surface area contributed by atoms with E-state index in [0.717, 1.165) is 23.0 Å². The molecule has 0 N–H and O–H groups in total. The van der Waals surface area contributed by atoms with Gasteiger partial charge in [-0.15, -0.1) is 6.42 Å². The van der Waals surface area contributed by atoms with Crippen molar-refractivity contribution in [1.82, 2.24) is 4.57 Å². The predicted molar refractivity (Wildman–Crippen MR) is 95.8 cm³/mol. The first-order valence-electron chi connectivity index (χ1n) is 7.67. The molecule has 3 rings (SSSR count). The Labute approximate surface area is 152 Å². The molecule has 0 radical (unpaired) electrons. The monoisotopic (exact) mass is 372 g/mol. The topological polar surface area (TPSA) is 43.6 Å². The molecular formula is C19H14F2N2O2S. The highest BCUT2D eigenvalue weighted by atomic mass is 32.1. The number of terminal acetylenes is 1. The fourth-order valence-electron chi connectivity index (χ4n) is 2.37. The average Bonchev–Trinajstić information content (AvgIpc) is 2.92. The fourth-order valence-corrected chi connectivity index (χ4v) is 3.46. The second-order valence-electron chi connectivity index (χ2n) is 5.52. The van der Waals surface area contributed by atoms with E-state index in [-0.39, 0.29) is 23.5 Å². The van der Waals surface area contributed by atoms with Crippen LogP contribution in [0.2, 0.25) is 0 Å². The molecular weight excluding hydrogens is 358 g/mol. The van der Waals surface area contributed by atoms with E-state index in [1.807, 2.05) is 19.1 Å². The summed E-state index contributed by atoms with van der Waals surface area (Å²) < 4.78 is 34.6. The first-order chi connectivity index (χ1) is 12.5. The maximum absolute atomic E-state index is 14.1. The Kier molecular flexibility index (Phi) is 5.14. The third-order valence-electron chi connectivity index (χ3n) is 3.55. The van der Waals surface area contributed by atoms with Gasteiger partial charge in [-0.05, 0) is 25.1 Å². The molecule has 3 aromatic rings. The van der Waals surface area contributed by atoms with Crippen LogP contribution in [0, 0.1) is 30.9 Å². The zero-order chi connectivity index (χ0) is 18.7. The van der Waals surface area contributed by atoms with Crippen LogP contribution in [0.4, 0.5) is 8.78 Å². The minimum atomic E-state index is -0.753. The van der Waals surface area contributed by atoms with E-state index in [0.29, 0.717) is 10.4 Å². The van der Waals surface area contributed by atoms with E-state index in [2.05, 4.69) is 10.9 Å². The molecule has 0 spiro atoms. The Morgan fingerprint density at radius 3 is 2.73 bits per heavy atom. The van der Waals surface area contributed by atoms with Gasteiger partial charge in [0.2, 0.25) is 0 Å². The number of nitrogens with zero attached hydrogens (tertiary/aromatic N) is 2. The minimum Gasteiger partial charge on any atom is -0.484 e. The molecule has 0 saturated carbocycles. The molecule has 7 heteroatoms. The number of aryl methyl sites for hydroxylation is 1. The molecule has 1 amide bonds. The SMILES string of the molecule is C#CCn1c(=NC(=O)COc2ccc(C)cc2)sc2cc(F)cc(F)c21. The van der Waals surface area contributed by atoms with E-state index in [4.69, 9.17) is 11.2 Å². The number of aromatic nitrogens is 1. The molecule has 26 heavy (non-hydrogen) atoms. The lowest BCUT2D eigenvalue weighted by Crippen LogP contribution is -2.19. The molecule has 0 saturated heterocycles. The van der Waals surface area contributed by atoms with Crippen molar-refractivity contribution in [3.63, 3.8) is 0 Å². The lowest BCUT2D eigenvalue weighted by Gasteiger charge is -2.03. The molecule has 1 aromatic heterocycles. The number of hydrogen-bond donors (Lipinski definition) is 0. The van der Waals surface area contributed by atoms with Crippen LogP contribution >= 0.6 is 11.3 Å². The van der Waals surface area contributed by atoms with Crippen molar-refractivity contribution in [2.75, 3.05) is 6.61 Å². The summed E-state index contributed by atoms with van der Waals surface area (Å²) in [7, 11) is 0. The van der Waals surface area contributed by atoms with Crippen LogP contribution in [-0.4, -0.2) is 17.1 Å². The number of fused-ring (bicyclic) bond motifs is 1. The van der Waals surface area contributed by atoms with Gasteiger partial charge in [-0.3, -0.25) is 4.79 Å². The minimum absolute atomic E-state index is 0.00743. The summed E-state index contributed by atoms with van der Waals surface area (Å²) in [6, 6.07) is 9.18. The third kappa shape index (κ3) is 3.81. The maximum atomic E-state index is 14.1. The largest absolute Gasteiger partial charge is 0.484 e. The summed E-state index contributed by atoms with van der Waals surface area (Å²) in [5.41, 5.74) is 1.20. The van der Waals surface area contributed by atoms with Gasteiger partial charge < -0.3 is 9.30 Å². The molecule has 0 bridgehead atoms. The molecule has 0 unspecified atom stereocenters. The lowest BCUT2D eigenvalue weighted by molar-refractivity contribution is -0.120. The molecule has 0 atom stereocenters. The molecule has 0 aliphatic heterocycles. The summed E-state index contributed by atoms with van der Waals surface area (Å²) in [6.07, 6.45) is 5.32. The van der Waals surface area contributed by atoms with Gasteiger partial charge in [0.25, 0.3) is 5.91 Å². The lowest BCUT2D eigenvalue weighted by atomic mass is 10.2. The number of carbonyl (C=O) groups is 1. The Morgan fingerprint density at radius 2 is 2.04 bits per heavy atom. The summed E-state index contributed by atoms with van der Waals surface area (Å²) in [5.74, 6) is 0.920. The highest BCUT2D eigenvalue weighted by molar-refractivity contribution is 7.16. The van der Waals surface area contributed by atoms with Crippen molar-refractivity contribution >= 4 is 27.5 Å². The second-order valence-corrected chi connectivity index (χ2v) is 6.53. The Morgan fingerprint density at radius 1 is 1.31 bits per heavy atom. The van der Waals surface area contributed by atoms with Crippen LogP contribution in [0.5, 0.6) is 5.75 Å². The molecule has 1 heterocycles. The Bertz CT molecular complexity index is 1080. The predicted octanol–water partition coefficient (Wildman–Crippen LogP) is 3.43. The maximum Gasteiger partial charge on any atom is 0.286 e. The van der Waals surface area contributed by atoms with Crippen LogP contribution in [0.3, 0.4) is 0 Å². The van der Waals surface area contributed by atoms with Crippen LogP contribution in [0.1, 0.15) is 5.56 Å². The number of benzene rings is 2. The molecule has 0 fully saturated rings. The van der Waals surface area contributed by atoms with Crippen molar-refractivity contribution in [3.05, 3.63) is 58.4 Å². The van der Waals surface area contributed by atoms with Crippen LogP contribution < -0.4 is 9.54 Å². The van der Waals surface area contributed by atoms with Gasteiger partial charge in [0.15, 0.2) is 17.2 Å². The van der Waals surface area contributed by atoms with Crippen LogP contribution in [0.25, 0.3) is 10.2 Å². The second kappa shape index (κ2) is 7.50. The van der Waals surface area contributed by atoms with E-state index in [1.165, 1.54) is 10.6 Å². The third-order valence-corrected chi connectivity index (χ3v) is 4.57. The highest BCUT2D eigenvalue weighted by Gasteiger charge is 2.13. The molecule has 0 aliphatic carbocycles. The van der Waals surface area contributed by atoms with Gasteiger partial charge in [0, 0.05) is 6.07 Å². The molecule has 0 aliphatic rings. The van der Waals surface area contributed by atoms with E-state index in [9.17, 15) is 13.6 Å². The van der Waals surface area contributed by atoms with E-state index < -0.39 is 17.5 Å². The molecule has 4 nitrogen and oxygen atoms in total. The number of hydrogen-bond acceptors (Lipinski definition) is 3. The first kappa shape index (κ1) is 17.8.